The number of hydrogen-bond donors (Lipinski definition) is 1. The molecule has 1 atom stereocenters. The molecule has 0 heterocycles. The lowest BCUT2D eigenvalue weighted by Crippen LogP contribution is -2.51. The molecule has 0 aromatic carbocycles. The fourth-order valence-corrected chi connectivity index (χ4v) is 2.41. The van der Waals surface area contributed by atoms with Crippen molar-refractivity contribution >= 4 is 5.97 Å². The van der Waals surface area contributed by atoms with Crippen molar-refractivity contribution in [3.05, 3.63) is 0 Å². The molecule has 0 fully saturated rings. The van der Waals surface area contributed by atoms with Crippen molar-refractivity contribution < 1.29 is 19.1 Å². The van der Waals surface area contributed by atoms with Crippen LogP contribution in [0.4, 0.5) is 0 Å². The van der Waals surface area contributed by atoms with Crippen molar-refractivity contribution in [2.45, 2.75) is 77.4 Å². The summed E-state index contributed by atoms with van der Waals surface area (Å²) in [4.78, 5) is 11.1. The minimum Gasteiger partial charge on any atom is -0.475 e. The second-order valence-corrected chi connectivity index (χ2v) is 6.86. The van der Waals surface area contributed by atoms with Crippen LogP contribution >= 0.6 is 0 Å². The molecule has 1 N–H and O–H groups in total. The first-order chi connectivity index (χ1) is 9.89. The highest BCUT2D eigenvalue weighted by Crippen LogP contribution is 2.11. The van der Waals surface area contributed by atoms with Gasteiger partial charge in [-0.1, -0.05) is 64.7 Å². The minimum absolute atomic E-state index is 0.299. The molecule has 126 valence electrons. The number of ether oxygens (including phenoxy) is 1. The van der Waals surface area contributed by atoms with Crippen molar-refractivity contribution in [1.29, 1.82) is 0 Å². The zero-order valence-corrected chi connectivity index (χ0v) is 14.6. The van der Waals surface area contributed by atoms with Gasteiger partial charge in [0.2, 0.25) is 0 Å². The van der Waals surface area contributed by atoms with E-state index < -0.39 is 12.2 Å². The Bertz CT molecular complexity index is 261. The van der Waals surface area contributed by atoms with Crippen LogP contribution in [0.25, 0.3) is 0 Å². The van der Waals surface area contributed by atoms with Crippen molar-refractivity contribution in [2.75, 3.05) is 27.7 Å². The number of carbonyl (C=O) groups is 1. The van der Waals surface area contributed by atoms with Crippen LogP contribution in [0.1, 0.15) is 71.1 Å². The Hall–Kier alpha value is -0.610. The van der Waals surface area contributed by atoms with Gasteiger partial charge in [0, 0.05) is 0 Å². The molecular weight excluding hydrogens is 266 g/mol. The largest absolute Gasteiger partial charge is 0.475 e. The highest BCUT2D eigenvalue weighted by atomic mass is 16.5. The summed E-state index contributed by atoms with van der Waals surface area (Å²) in [6.45, 7) is 2.79. The minimum atomic E-state index is -0.880. The predicted octanol–water partition coefficient (Wildman–Crippen LogP) is 4.04. The molecule has 4 heteroatoms. The number of likely N-dealkylation sites (N-methyl/N-ethyl adjacent to an activating group) is 1. The van der Waals surface area contributed by atoms with Gasteiger partial charge >= 0.3 is 5.97 Å². The van der Waals surface area contributed by atoms with E-state index in [1.54, 1.807) is 0 Å². The van der Waals surface area contributed by atoms with E-state index in [1.165, 1.54) is 51.4 Å². The van der Waals surface area contributed by atoms with Gasteiger partial charge < -0.3 is 9.84 Å². The molecule has 0 aromatic heterocycles. The summed E-state index contributed by atoms with van der Waals surface area (Å²) in [6.07, 6.45) is 12.0. The summed E-state index contributed by atoms with van der Waals surface area (Å²) >= 11 is 0. The van der Waals surface area contributed by atoms with Crippen LogP contribution in [0.15, 0.2) is 0 Å². The molecule has 4 nitrogen and oxygen atoms in total. The molecule has 0 saturated carbocycles. The van der Waals surface area contributed by atoms with Crippen LogP contribution in [0.2, 0.25) is 0 Å². The number of carboxylic acids is 1. The first-order valence-corrected chi connectivity index (χ1v) is 8.55. The molecule has 21 heavy (non-hydrogen) atoms. The van der Waals surface area contributed by atoms with E-state index in [-0.39, 0.29) is 0 Å². The highest BCUT2D eigenvalue weighted by molar-refractivity contribution is 5.70. The zero-order valence-electron chi connectivity index (χ0n) is 14.6. The normalized spacial score (nSPS) is 13.3. The standard InChI is InChI=1S/C17H35NO3/c1-5-6-7-8-9-10-11-12-13-14-15-21-16(17(19)20)18(2,3)4/h16H,5-15H2,1-4H3/p+1. The van der Waals surface area contributed by atoms with Crippen LogP contribution in [-0.4, -0.2) is 49.5 Å². The van der Waals surface area contributed by atoms with Crippen molar-refractivity contribution in [3.63, 3.8) is 0 Å². The Morgan fingerprint density at radius 1 is 0.905 bits per heavy atom. The van der Waals surface area contributed by atoms with Gasteiger partial charge in [0.15, 0.2) is 0 Å². The maximum Gasteiger partial charge on any atom is 0.392 e. The smallest absolute Gasteiger partial charge is 0.392 e. The molecule has 0 aromatic rings. The van der Waals surface area contributed by atoms with Gasteiger partial charge in [-0.2, -0.15) is 0 Å². The first kappa shape index (κ1) is 20.4. The Balaban J connectivity index is 3.45. The Labute approximate surface area is 131 Å². The predicted molar refractivity (Wildman–Crippen MR) is 87.3 cm³/mol. The quantitative estimate of drug-likeness (QED) is 0.299. The summed E-state index contributed by atoms with van der Waals surface area (Å²) in [7, 11) is 5.53. The lowest BCUT2D eigenvalue weighted by molar-refractivity contribution is -0.909. The molecule has 0 bridgehead atoms. The van der Waals surface area contributed by atoms with Gasteiger partial charge in [0.25, 0.3) is 6.23 Å². The van der Waals surface area contributed by atoms with Gasteiger partial charge in [-0.05, 0) is 6.42 Å². The molecule has 1 unspecified atom stereocenters. The third-order valence-electron chi connectivity index (χ3n) is 3.69. The van der Waals surface area contributed by atoms with Crippen molar-refractivity contribution in [2.24, 2.45) is 0 Å². The van der Waals surface area contributed by atoms with Crippen LogP contribution in [-0.2, 0) is 9.53 Å². The van der Waals surface area contributed by atoms with Gasteiger partial charge in [-0.3, -0.25) is 4.48 Å². The Kier molecular flexibility index (Phi) is 11.6. The number of nitrogens with zero attached hydrogens (tertiary/aromatic N) is 1. The molecule has 0 aliphatic rings. The highest BCUT2D eigenvalue weighted by Gasteiger charge is 2.31. The maximum absolute atomic E-state index is 11.1. The van der Waals surface area contributed by atoms with Gasteiger partial charge in [-0.15, -0.1) is 0 Å². The van der Waals surface area contributed by atoms with Crippen molar-refractivity contribution in [3.8, 4) is 0 Å². The van der Waals surface area contributed by atoms with E-state index in [9.17, 15) is 4.79 Å². The van der Waals surface area contributed by atoms with Gasteiger partial charge in [0.05, 0.1) is 27.7 Å². The summed E-state index contributed by atoms with van der Waals surface area (Å²) in [5.41, 5.74) is 0. The fraction of sp³-hybridized carbons (Fsp3) is 0.941. The number of unbranched alkanes of at least 4 members (excludes halogenated alkanes) is 9. The number of hydrogen-bond acceptors (Lipinski definition) is 2. The molecular formula is C17H36NO3+. The van der Waals surface area contributed by atoms with E-state index in [4.69, 9.17) is 9.84 Å². The molecule has 0 aliphatic heterocycles. The van der Waals surface area contributed by atoms with E-state index in [2.05, 4.69) is 6.92 Å². The summed E-state index contributed by atoms with van der Waals surface area (Å²) < 4.78 is 5.81. The Morgan fingerprint density at radius 3 is 1.71 bits per heavy atom. The average Bonchev–Trinajstić information content (AvgIpc) is 2.38. The molecule has 0 aliphatic carbocycles. The molecule has 0 rings (SSSR count). The number of rotatable bonds is 14. The third kappa shape index (κ3) is 11.7. The Morgan fingerprint density at radius 2 is 1.33 bits per heavy atom. The van der Waals surface area contributed by atoms with Gasteiger partial charge in [0.1, 0.15) is 0 Å². The van der Waals surface area contributed by atoms with E-state index in [0.29, 0.717) is 11.1 Å². The monoisotopic (exact) mass is 302 g/mol. The van der Waals surface area contributed by atoms with E-state index in [0.717, 1.165) is 12.8 Å². The average molecular weight is 302 g/mol. The maximum atomic E-state index is 11.1. The molecule has 0 spiro atoms. The van der Waals surface area contributed by atoms with Crippen molar-refractivity contribution in [1.82, 2.24) is 0 Å². The second-order valence-electron chi connectivity index (χ2n) is 6.86. The summed E-state index contributed by atoms with van der Waals surface area (Å²) in [6, 6.07) is 0. The van der Waals surface area contributed by atoms with Crippen LogP contribution in [0.3, 0.4) is 0 Å². The second kappa shape index (κ2) is 12.0. The third-order valence-corrected chi connectivity index (χ3v) is 3.69. The lowest BCUT2D eigenvalue weighted by atomic mass is 10.1. The number of quaternary nitrogens is 1. The van der Waals surface area contributed by atoms with Crippen LogP contribution in [0.5, 0.6) is 0 Å². The molecule has 0 saturated heterocycles. The SMILES string of the molecule is CCCCCCCCCCCCOC(C(=O)O)[N+](C)(C)C. The van der Waals surface area contributed by atoms with E-state index >= 15 is 0 Å². The number of carboxylic acid groups (broad SMARTS) is 1. The molecule has 0 amide bonds. The topological polar surface area (TPSA) is 46.5 Å². The lowest BCUT2D eigenvalue weighted by Gasteiger charge is -2.30. The summed E-state index contributed by atoms with van der Waals surface area (Å²) in [5, 5.41) is 9.13. The zero-order chi connectivity index (χ0) is 16.1. The van der Waals surface area contributed by atoms with E-state index in [1.807, 2.05) is 21.1 Å². The number of aliphatic carboxylic acids is 1. The van der Waals surface area contributed by atoms with Crippen LogP contribution in [0, 0.1) is 0 Å². The fourth-order valence-electron chi connectivity index (χ4n) is 2.41. The van der Waals surface area contributed by atoms with Gasteiger partial charge in [-0.25, -0.2) is 4.79 Å². The first-order valence-electron chi connectivity index (χ1n) is 8.55. The van der Waals surface area contributed by atoms with Crippen LogP contribution < -0.4 is 0 Å². The summed E-state index contributed by atoms with van der Waals surface area (Å²) in [5.74, 6) is -0.880. The molecule has 0 radical (unpaired) electrons.